The maximum atomic E-state index is 6.36. The lowest BCUT2D eigenvalue weighted by Crippen LogP contribution is -2.02. The van der Waals surface area contributed by atoms with E-state index in [1.165, 1.54) is 0 Å². The van der Waals surface area contributed by atoms with Crippen molar-refractivity contribution < 1.29 is 4.74 Å². The molecule has 0 fully saturated rings. The fourth-order valence-electron chi connectivity index (χ4n) is 1.67. The molecule has 0 saturated carbocycles. The summed E-state index contributed by atoms with van der Waals surface area (Å²) in [4.78, 5) is 8.46. The average molecular weight is 263 g/mol. The van der Waals surface area contributed by atoms with Crippen molar-refractivity contribution in [1.82, 2.24) is 9.97 Å². The van der Waals surface area contributed by atoms with E-state index in [-0.39, 0.29) is 5.38 Å². The van der Waals surface area contributed by atoms with Gasteiger partial charge in [-0.05, 0) is 12.5 Å². The Morgan fingerprint density at radius 2 is 2.00 bits per heavy atom. The van der Waals surface area contributed by atoms with E-state index in [9.17, 15) is 0 Å². The van der Waals surface area contributed by atoms with Crippen LogP contribution in [0.1, 0.15) is 23.6 Å². The summed E-state index contributed by atoms with van der Waals surface area (Å²) < 4.78 is 5.32. The fraction of sp³-hybridized carbons (Fsp3) is 0.286. The number of halogens is 1. The molecule has 18 heavy (non-hydrogen) atoms. The number of hydrogen-bond acceptors (Lipinski definition) is 3. The molecule has 0 bridgehead atoms. The number of benzene rings is 1. The van der Waals surface area contributed by atoms with Crippen molar-refractivity contribution in [2.45, 2.75) is 18.7 Å². The Kier molecular flexibility index (Phi) is 4.53. The number of aromatic nitrogens is 2. The monoisotopic (exact) mass is 262 g/mol. The Hall–Kier alpha value is -1.61. The van der Waals surface area contributed by atoms with Crippen molar-refractivity contribution in [3.8, 4) is 5.88 Å². The van der Waals surface area contributed by atoms with Gasteiger partial charge in [-0.3, -0.25) is 4.98 Å². The highest BCUT2D eigenvalue weighted by molar-refractivity contribution is 6.20. The molecule has 1 unspecified atom stereocenters. The van der Waals surface area contributed by atoms with Gasteiger partial charge in [-0.2, -0.15) is 0 Å². The van der Waals surface area contributed by atoms with Crippen LogP contribution in [0.15, 0.2) is 42.7 Å². The van der Waals surface area contributed by atoms with E-state index >= 15 is 0 Å². The Balaban J connectivity index is 2.07. The average Bonchev–Trinajstić information content (AvgIpc) is 2.40. The largest absolute Gasteiger partial charge is 0.477 e. The first-order valence-electron chi connectivity index (χ1n) is 5.92. The van der Waals surface area contributed by atoms with E-state index in [1.807, 2.05) is 37.3 Å². The van der Waals surface area contributed by atoms with Crippen LogP contribution in [0.25, 0.3) is 0 Å². The summed E-state index contributed by atoms with van der Waals surface area (Å²) in [5, 5.41) is -0.0997. The van der Waals surface area contributed by atoms with Gasteiger partial charge in [-0.25, -0.2) is 4.98 Å². The van der Waals surface area contributed by atoms with E-state index in [4.69, 9.17) is 16.3 Å². The lowest BCUT2D eigenvalue weighted by Gasteiger charge is -2.09. The molecule has 0 aliphatic rings. The quantitative estimate of drug-likeness (QED) is 0.775. The third kappa shape index (κ3) is 3.44. The second kappa shape index (κ2) is 6.36. The van der Waals surface area contributed by atoms with Gasteiger partial charge in [0.2, 0.25) is 5.88 Å². The van der Waals surface area contributed by atoms with Crippen LogP contribution in [0.3, 0.4) is 0 Å². The molecule has 1 aromatic carbocycles. The number of alkyl halides is 1. The summed E-state index contributed by atoms with van der Waals surface area (Å²) in [6.45, 7) is 2.50. The molecule has 1 aromatic heterocycles. The molecule has 0 N–H and O–H groups in total. The summed E-state index contributed by atoms with van der Waals surface area (Å²) in [6, 6.07) is 9.96. The molecule has 1 heterocycles. The third-order valence-corrected chi connectivity index (χ3v) is 2.91. The molecule has 0 radical (unpaired) electrons. The predicted octanol–water partition coefficient (Wildman–Crippen LogP) is 3.40. The molecule has 2 aromatic rings. The van der Waals surface area contributed by atoms with Gasteiger partial charge in [0.25, 0.3) is 0 Å². The van der Waals surface area contributed by atoms with Crippen molar-refractivity contribution in [1.29, 1.82) is 0 Å². The summed E-state index contributed by atoms with van der Waals surface area (Å²) >= 11 is 6.36. The zero-order chi connectivity index (χ0) is 12.8. The summed E-state index contributed by atoms with van der Waals surface area (Å²) in [5.41, 5.74) is 1.92. The van der Waals surface area contributed by atoms with E-state index < -0.39 is 0 Å². The number of hydrogen-bond donors (Lipinski definition) is 0. The van der Waals surface area contributed by atoms with Crippen LogP contribution >= 0.6 is 11.6 Å². The number of ether oxygens (including phenoxy) is 1. The van der Waals surface area contributed by atoms with E-state index in [2.05, 4.69) is 9.97 Å². The minimum absolute atomic E-state index is 0.0997. The second-order valence-electron chi connectivity index (χ2n) is 3.86. The Bertz CT molecular complexity index is 490. The van der Waals surface area contributed by atoms with Crippen molar-refractivity contribution >= 4 is 11.6 Å². The first-order chi connectivity index (χ1) is 8.79. The van der Waals surface area contributed by atoms with Crippen molar-refractivity contribution in [2.75, 3.05) is 6.61 Å². The first-order valence-corrected chi connectivity index (χ1v) is 6.36. The highest BCUT2D eigenvalue weighted by Crippen LogP contribution is 2.24. The van der Waals surface area contributed by atoms with Crippen LogP contribution in [-0.4, -0.2) is 16.6 Å². The lowest BCUT2D eigenvalue weighted by atomic mass is 10.1. The maximum Gasteiger partial charge on any atom is 0.232 e. The zero-order valence-electron chi connectivity index (χ0n) is 10.2. The van der Waals surface area contributed by atoms with Crippen LogP contribution in [0, 0.1) is 0 Å². The van der Waals surface area contributed by atoms with Gasteiger partial charge >= 0.3 is 0 Å². The highest BCUT2D eigenvalue weighted by Gasteiger charge is 2.10. The number of nitrogens with zero attached hydrogens (tertiary/aromatic N) is 2. The second-order valence-corrected chi connectivity index (χ2v) is 4.39. The molecule has 0 spiro atoms. The molecule has 0 aliphatic carbocycles. The maximum absolute atomic E-state index is 6.36. The highest BCUT2D eigenvalue weighted by atomic mass is 35.5. The van der Waals surface area contributed by atoms with Gasteiger partial charge in [0, 0.05) is 12.6 Å². The van der Waals surface area contributed by atoms with Crippen LogP contribution in [-0.2, 0) is 6.42 Å². The van der Waals surface area contributed by atoms with Crippen LogP contribution in [0.2, 0.25) is 0 Å². The van der Waals surface area contributed by atoms with Gasteiger partial charge in [0.15, 0.2) is 0 Å². The Morgan fingerprint density at radius 1 is 1.22 bits per heavy atom. The first kappa shape index (κ1) is 12.8. The van der Waals surface area contributed by atoms with Crippen LogP contribution in [0.4, 0.5) is 0 Å². The molecule has 1 atom stereocenters. The molecule has 4 heteroatoms. The SMILES string of the molecule is CCOc1cncc(CC(Cl)c2ccccc2)n1. The van der Waals surface area contributed by atoms with Gasteiger partial charge in [-0.15, -0.1) is 11.6 Å². The third-order valence-electron chi connectivity index (χ3n) is 2.50. The topological polar surface area (TPSA) is 35.0 Å². The standard InChI is InChI=1S/C14H15ClN2O/c1-2-18-14-10-16-9-12(17-14)8-13(15)11-6-4-3-5-7-11/h3-7,9-10,13H,2,8H2,1H3. The minimum Gasteiger partial charge on any atom is -0.477 e. The number of rotatable bonds is 5. The molecule has 2 rings (SSSR count). The van der Waals surface area contributed by atoms with Gasteiger partial charge in [0.1, 0.15) is 0 Å². The lowest BCUT2D eigenvalue weighted by molar-refractivity contribution is 0.324. The van der Waals surface area contributed by atoms with Crippen LogP contribution in [0.5, 0.6) is 5.88 Å². The molecule has 0 amide bonds. The fourth-order valence-corrected chi connectivity index (χ4v) is 1.97. The minimum atomic E-state index is -0.0997. The summed E-state index contributed by atoms with van der Waals surface area (Å²) in [5.74, 6) is 0.548. The summed E-state index contributed by atoms with van der Waals surface area (Å²) in [6.07, 6.45) is 3.97. The summed E-state index contributed by atoms with van der Waals surface area (Å²) in [7, 11) is 0. The van der Waals surface area contributed by atoms with Gasteiger partial charge in [0.05, 0.1) is 23.9 Å². The normalized spacial score (nSPS) is 12.1. The van der Waals surface area contributed by atoms with Crippen LogP contribution < -0.4 is 4.74 Å². The predicted molar refractivity (Wildman–Crippen MR) is 71.9 cm³/mol. The molecular formula is C14H15ClN2O. The van der Waals surface area contributed by atoms with E-state index in [0.717, 1.165) is 11.3 Å². The van der Waals surface area contributed by atoms with E-state index in [1.54, 1.807) is 12.4 Å². The van der Waals surface area contributed by atoms with Crippen molar-refractivity contribution in [3.05, 3.63) is 54.0 Å². The molecule has 0 aliphatic heterocycles. The van der Waals surface area contributed by atoms with Crippen molar-refractivity contribution in [3.63, 3.8) is 0 Å². The smallest absolute Gasteiger partial charge is 0.232 e. The van der Waals surface area contributed by atoms with Crippen molar-refractivity contribution in [2.24, 2.45) is 0 Å². The van der Waals surface area contributed by atoms with Gasteiger partial charge in [-0.1, -0.05) is 30.3 Å². The van der Waals surface area contributed by atoms with Gasteiger partial charge < -0.3 is 4.74 Å². The molecule has 3 nitrogen and oxygen atoms in total. The molecule has 0 saturated heterocycles. The molecule has 94 valence electrons. The zero-order valence-corrected chi connectivity index (χ0v) is 11.0. The Labute approximate surface area is 112 Å². The molecular weight excluding hydrogens is 248 g/mol. The Morgan fingerprint density at radius 3 is 2.72 bits per heavy atom. The van der Waals surface area contributed by atoms with E-state index in [0.29, 0.717) is 18.9 Å².